The molecule has 1 fully saturated rings. The van der Waals surface area contributed by atoms with Gasteiger partial charge in [0.25, 0.3) is 0 Å². The minimum absolute atomic E-state index is 0.475. The number of ether oxygens (including phenoxy) is 1. The van der Waals surface area contributed by atoms with Crippen LogP contribution in [0.3, 0.4) is 0 Å². The Morgan fingerprint density at radius 1 is 1.33 bits per heavy atom. The van der Waals surface area contributed by atoms with E-state index in [9.17, 15) is 0 Å². The molecule has 1 heteroatoms. The summed E-state index contributed by atoms with van der Waals surface area (Å²) >= 11 is 0. The van der Waals surface area contributed by atoms with Crippen LogP contribution in [-0.2, 0) is 4.74 Å². The Bertz CT molecular complexity index is 151. The third-order valence-corrected chi connectivity index (χ3v) is 2.83. The zero-order chi connectivity index (χ0) is 8.97. The molecule has 12 heavy (non-hydrogen) atoms. The molecule has 0 radical (unpaired) electrons. The summed E-state index contributed by atoms with van der Waals surface area (Å²) in [6.07, 6.45) is 7.18. The van der Waals surface area contributed by atoms with Crippen LogP contribution in [0.25, 0.3) is 0 Å². The maximum Gasteiger partial charge on any atom is 0.0638 e. The zero-order valence-corrected chi connectivity index (χ0v) is 8.42. The third kappa shape index (κ3) is 2.34. The second kappa shape index (κ2) is 4.66. The molecule has 1 nitrogen and oxygen atoms in total. The van der Waals surface area contributed by atoms with Crippen LogP contribution in [0.5, 0.6) is 0 Å². The molecule has 1 aliphatic heterocycles. The summed E-state index contributed by atoms with van der Waals surface area (Å²) < 4.78 is 5.67. The van der Waals surface area contributed by atoms with Gasteiger partial charge in [-0.1, -0.05) is 32.9 Å². The monoisotopic (exact) mass is 168 g/mol. The van der Waals surface area contributed by atoms with Gasteiger partial charge in [0.1, 0.15) is 0 Å². The molecule has 1 heterocycles. The molecule has 0 saturated carbocycles. The van der Waals surface area contributed by atoms with E-state index in [2.05, 4.69) is 32.9 Å². The summed E-state index contributed by atoms with van der Waals surface area (Å²) in [5, 5.41) is 0. The summed E-state index contributed by atoms with van der Waals surface area (Å²) in [5.74, 6) is 1.47. The highest BCUT2D eigenvalue weighted by molar-refractivity contribution is 4.88. The van der Waals surface area contributed by atoms with Gasteiger partial charge in [-0.3, -0.25) is 0 Å². The Kier molecular flexibility index (Phi) is 3.80. The summed E-state index contributed by atoms with van der Waals surface area (Å²) in [6, 6.07) is 0. The number of allylic oxidation sites excluding steroid dienone is 1. The van der Waals surface area contributed by atoms with Crippen molar-refractivity contribution in [3.8, 4) is 0 Å². The standard InChI is InChI=1S/C11H20O/c1-4-5-6-7-11-10(3)9(2)8-12-11/h5-6,9-11H,4,7-8H2,1-3H3. The Morgan fingerprint density at radius 3 is 2.58 bits per heavy atom. The lowest BCUT2D eigenvalue weighted by Crippen LogP contribution is -2.14. The highest BCUT2D eigenvalue weighted by Crippen LogP contribution is 2.28. The fourth-order valence-corrected chi connectivity index (χ4v) is 1.63. The smallest absolute Gasteiger partial charge is 0.0638 e. The quantitative estimate of drug-likeness (QED) is 0.589. The molecule has 1 aliphatic rings. The van der Waals surface area contributed by atoms with Crippen LogP contribution in [-0.4, -0.2) is 12.7 Å². The molecule has 0 aromatic heterocycles. The van der Waals surface area contributed by atoms with E-state index < -0.39 is 0 Å². The van der Waals surface area contributed by atoms with Crippen LogP contribution >= 0.6 is 0 Å². The van der Waals surface area contributed by atoms with Crippen molar-refractivity contribution >= 4 is 0 Å². The Morgan fingerprint density at radius 2 is 2.08 bits per heavy atom. The summed E-state index contributed by atoms with van der Waals surface area (Å²) in [6.45, 7) is 7.68. The second-order valence-electron chi connectivity index (χ2n) is 3.82. The van der Waals surface area contributed by atoms with Crippen LogP contribution in [0.2, 0.25) is 0 Å². The van der Waals surface area contributed by atoms with Gasteiger partial charge in [-0.05, 0) is 24.7 Å². The molecular formula is C11H20O. The first kappa shape index (κ1) is 9.79. The van der Waals surface area contributed by atoms with E-state index in [1.165, 1.54) is 0 Å². The SMILES string of the molecule is CCC=CCC1OCC(C)C1C. The lowest BCUT2D eigenvalue weighted by atomic mass is 9.93. The van der Waals surface area contributed by atoms with Crippen LogP contribution in [0.1, 0.15) is 33.6 Å². The summed E-state index contributed by atoms with van der Waals surface area (Å²) in [5.41, 5.74) is 0. The molecule has 0 aromatic carbocycles. The summed E-state index contributed by atoms with van der Waals surface area (Å²) in [4.78, 5) is 0. The predicted molar refractivity (Wildman–Crippen MR) is 52.1 cm³/mol. The van der Waals surface area contributed by atoms with Gasteiger partial charge in [0, 0.05) is 6.61 Å². The molecule has 0 aromatic rings. The molecule has 1 rings (SSSR count). The molecule has 1 saturated heterocycles. The average Bonchev–Trinajstić information content (AvgIpc) is 2.36. The van der Waals surface area contributed by atoms with E-state index in [0.717, 1.165) is 31.3 Å². The van der Waals surface area contributed by atoms with Crippen molar-refractivity contribution in [1.82, 2.24) is 0 Å². The lowest BCUT2D eigenvalue weighted by molar-refractivity contribution is 0.0957. The summed E-state index contributed by atoms with van der Waals surface area (Å²) in [7, 11) is 0. The van der Waals surface area contributed by atoms with Gasteiger partial charge >= 0.3 is 0 Å². The van der Waals surface area contributed by atoms with Crippen molar-refractivity contribution in [2.75, 3.05) is 6.61 Å². The van der Waals surface area contributed by atoms with Gasteiger partial charge in [-0.15, -0.1) is 0 Å². The number of rotatable bonds is 3. The van der Waals surface area contributed by atoms with Gasteiger partial charge in [0.15, 0.2) is 0 Å². The molecule has 0 bridgehead atoms. The molecular weight excluding hydrogens is 148 g/mol. The van der Waals surface area contributed by atoms with E-state index >= 15 is 0 Å². The zero-order valence-electron chi connectivity index (χ0n) is 8.42. The first-order valence-electron chi connectivity index (χ1n) is 5.02. The molecule has 3 atom stereocenters. The Hall–Kier alpha value is -0.300. The molecule has 0 amide bonds. The fraction of sp³-hybridized carbons (Fsp3) is 0.818. The van der Waals surface area contributed by atoms with E-state index in [-0.39, 0.29) is 0 Å². The van der Waals surface area contributed by atoms with Crippen molar-refractivity contribution in [1.29, 1.82) is 0 Å². The predicted octanol–water partition coefficient (Wildman–Crippen LogP) is 3.01. The first-order valence-corrected chi connectivity index (χ1v) is 5.02. The Labute approximate surface area is 75.8 Å². The van der Waals surface area contributed by atoms with Gasteiger partial charge in [0.2, 0.25) is 0 Å². The molecule has 0 N–H and O–H groups in total. The number of hydrogen-bond acceptors (Lipinski definition) is 1. The number of hydrogen-bond donors (Lipinski definition) is 0. The highest BCUT2D eigenvalue weighted by Gasteiger charge is 2.29. The van der Waals surface area contributed by atoms with Crippen LogP contribution < -0.4 is 0 Å². The van der Waals surface area contributed by atoms with Crippen molar-refractivity contribution in [3.63, 3.8) is 0 Å². The topological polar surface area (TPSA) is 9.23 Å². The molecule has 0 aliphatic carbocycles. The van der Waals surface area contributed by atoms with Gasteiger partial charge < -0.3 is 4.74 Å². The van der Waals surface area contributed by atoms with Gasteiger partial charge in [0.05, 0.1) is 6.10 Å². The third-order valence-electron chi connectivity index (χ3n) is 2.83. The van der Waals surface area contributed by atoms with Crippen molar-refractivity contribution in [2.45, 2.75) is 39.7 Å². The van der Waals surface area contributed by atoms with Crippen molar-refractivity contribution in [2.24, 2.45) is 11.8 Å². The van der Waals surface area contributed by atoms with E-state index in [4.69, 9.17) is 4.74 Å². The average molecular weight is 168 g/mol. The maximum absolute atomic E-state index is 5.67. The van der Waals surface area contributed by atoms with E-state index in [1.807, 2.05) is 0 Å². The minimum Gasteiger partial charge on any atom is -0.377 e. The van der Waals surface area contributed by atoms with Crippen molar-refractivity contribution in [3.05, 3.63) is 12.2 Å². The van der Waals surface area contributed by atoms with Crippen LogP contribution in [0, 0.1) is 11.8 Å². The van der Waals surface area contributed by atoms with Crippen LogP contribution in [0.4, 0.5) is 0 Å². The lowest BCUT2D eigenvalue weighted by Gasteiger charge is -2.13. The highest BCUT2D eigenvalue weighted by atomic mass is 16.5. The van der Waals surface area contributed by atoms with Crippen molar-refractivity contribution < 1.29 is 4.74 Å². The van der Waals surface area contributed by atoms with Gasteiger partial charge in [-0.25, -0.2) is 0 Å². The van der Waals surface area contributed by atoms with Gasteiger partial charge in [-0.2, -0.15) is 0 Å². The van der Waals surface area contributed by atoms with E-state index in [1.54, 1.807) is 0 Å². The molecule has 3 unspecified atom stereocenters. The fourth-order valence-electron chi connectivity index (χ4n) is 1.63. The van der Waals surface area contributed by atoms with E-state index in [0.29, 0.717) is 6.10 Å². The minimum atomic E-state index is 0.475. The Balaban J connectivity index is 2.29. The molecule has 0 spiro atoms. The second-order valence-corrected chi connectivity index (χ2v) is 3.82. The maximum atomic E-state index is 5.67. The normalized spacial score (nSPS) is 36.4. The largest absolute Gasteiger partial charge is 0.377 e. The first-order chi connectivity index (χ1) is 5.75. The molecule has 70 valence electrons. The van der Waals surface area contributed by atoms with Crippen LogP contribution in [0.15, 0.2) is 12.2 Å².